The van der Waals surface area contributed by atoms with Gasteiger partial charge in [0.25, 0.3) is 0 Å². The zero-order chi connectivity index (χ0) is 12.2. The number of amides is 2. The standard InChI is InChI=1S/C12H19N3O/c1-9(10-5-7-13-8-6-10)14-11(16)15-12(2,3)4/h5-9H,1-4H3,(H2,14,15,16). The molecule has 0 aliphatic heterocycles. The molecule has 4 nitrogen and oxygen atoms in total. The first-order valence-electron chi connectivity index (χ1n) is 5.37. The topological polar surface area (TPSA) is 54.0 Å². The monoisotopic (exact) mass is 221 g/mol. The van der Waals surface area contributed by atoms with Crippen LogP contribution >= 0.6 is 0 Å². The molecule has 0 saturated heterocycles. The number of urea groups is 1. The Bertz CT molecular complexity index is 343. The molecule has 0 saturated carbocycles. The van der Waals surface area contributed by atoms with Crippen molar-refractivity contribution >= 4 is 6.03 Å². The quantitative estimate of drug-likeness (QED) is 0.804. The molecular formula is C12H19N3O. The molecule has 0 aromatic carbocycles. The molecule has 1 aromatic rings. The van der Waals surface area contributed by atoms with Crippen LogP contribution in [0.15, 0.2) is 24.5 Å². The fourth-order valence-corrected chi connectivity index (χ4v) is 1.31. The molecule has 0 fully saturated rings. The third-order valence-corrected chi connectivity index (χ3v) is 2.04. The maximum absolute atomic E-state index is 11.6. The van der Waals surface area contributed by atoms with Gasteiger partial charge in [0.15, 0.2) is 0 Å². The molecule has 0 aliphatic rings. The minimum atomic E-state index is -0.220. The van der Waals surface area contributed by atoms with Gasteiger partial charge in [-0.05, 0) is 45.4 Å². The predicted octanol–water partition coefficient (Wildman–Crippen LogP) is 2.24. The Balaban J connectivity index is 2.52. The molecule has 0 radical (unpaired) electrons. The van der Waals surface area contributed by atoms with Crippen LogP contribution in [0.4, 0.5) is 4.79 Å². The summed E-state index contributed by atoms with van der Waals surface area (Å²) in [7, 11) is 0. The van der Waals surface area contributed by atoms with Crippen molar-refractivity contribution in [3.63, 3.8) is 0 Å². The van der Waals surface area contributed by atoms with E-state index in [0.29, 0.717) is 0 Å². The van der Waals surface area contributed by atoms with Crippen molar-refractivity contribution in [2.24, 2.45) is 0 Å². The second-order valence-electron chi connectivity index (χ2n) is 4.85. The smallest absolute Gasteiger partial charge is 0.315 e. The van der Waals surface area contributed by atoms with Gasteiger partial charge < -0.3 is 10.6 Å². The first-order valence-corrected chi connectivity index (χ1v) is 5.37. The highest BCUT2D eigenvalue weighted by molar-refractivity contribution is 5.75. The van der Waals surface area contributed by atoms with Gasteiger partial charge in [0.2, 0.25) is 0 Å². The van der Waals surface area contributed by atoms with Crippen molar-refractivity contribution in [1.82, 2.24) is 15.6 Å². The highest BCUT2D eigenvalue weighted by atomic mass is 16.2. The second kappa shape index (κ2) is 4.96. The van der Waals surface area contributed by atoms with Crippen LogP contribution < -0.4 is 10.6 Å². The largest absolute Gasteiger partial charge is 0.334 e. The molecule has 1 rings (SSSR count). The number of carbonyl (C=O) groups is 1. The first kappa shape index (κ1) is 12.5. The predicted molar refractivity (Wildman–Crippen MR) is 64.1 cm³/mol. The number of nitrogens with one attached hydrogen (secondary N) is 2. The van der Waals surface area contributed by atoms with Crippen LogP contribution in [0, 0.1) is 0 Å². The van der Waals surface area contributed by atoms with Gasteiger partial charge >= 0.3 is 6.03 Å². The van der Waals surface area contributed by atoms with E-state index in [2.05, 4.69) is 15.6 Å². The number of hydrogen-bond donors (Lipinski definition) is 2. The minimum Gasteiger partial charge on any atom is -0.334 e. The van der Waals surface area contributed by atoms with Crippen LogP contribution in [-0.4, -0.2) is 16.6 Å². The van der Waals surface area contributed by atoms with Crippen molar-refractivity contribution in [3.8, 4) is 0 Å². The molecule has 88 valence electrons. The summed E-state index contributed by atoms with van der Waals surface area (Å²) in [6.07, 6.45) is 3.43. The summed E-state index contributed by atoms with van der Waals surface area (Å²) in [5.41, 5.74) is 0.821. The fraction of sp³-hybridized carbons (Fsp3) is 0.500. The summed E-state index contributed by atoms with van der Waals surface area (Å²) < 4.78 is 0. The van der Waals surface area contributed by atoms with Gasteiger partial charge in [0.1, 0.15) is 0 Å². The Morgan fingerprint density at radius 3 is 2.38 bits per heavy atom. The summed E-state index contributed by atoms with van der Waals surface area (Å²) in [4.78, 5) is 15.5. The van der Waals surface area contributed by atoms with Crippen LogP contribution in [0.2, 0.25) is 0 Å². The maximum Gasteiger partial charge on any atom is 0.315 e. The van der Waals surface area contributed by atoms with Crippen LogP contribution in [-0.2, 0) is 0 Å². The molecule has 1 aromatic heterocycles. The lowest BCUT2D eigenvalue weighted by molar-refractivity contribution is 0.229. The maximum atomic E-state index is 11.6. The summed E-state index contributed by atoms with van der Waals surface area (Å²) in [6, 6.07) is 3.60. The molecule has 2 N–H and O–H groups in total. The van der Waals surface area contributed by atoms with Crippen LogP contribution in [0.1, 0.15) is 39.3 Å². The first-order chi connectivity index (χ1) is 7.38. The van der Waals surface area contributed by atoms with Crippen LogP contribution in [0.3, 0.4) is 0 Å². The Morgan fingerprint density at radius 1 is 1.31 bits per heavy atom. The number of aromatic nitrogens is 1. The van der Waals surface area contributed by atoms with Crippen LogP contribution in [0.25, 0.3) is 0 Å². The van der Waals surface area contributed by atoms with E-state index in [1.165, 1.54) is 0 Å². The Kier molecular flexibility index (Phi) is 3.88. The number of pyridine rings is 1. The average Bonchev–Trinajstić information content (AvgIpc) is 2.16. The Labute approximate surface area is 96.5 Å². The van der Waals surface area contributed by atoms with Crippen molar-refractivity contribution in [2.45, 2.75) is 39.3 Å². The summed E-state index contributed by atoms with van der Waals surface area (Å²) in [6.45, 7) is 7.79. The zero-order valence-electron chi connectivity index (χ0n) is 10.2. The van der Waals surface area contributed by atoms with Crippen LogP contribution in [0.5, 0.6) is 0 Å². The van der Waals surface area contributed by atoms with Crippen molar-refractivity contribution in [1.29, 1.82) is 0 Å². The van der Waals surface area contributed by atoms with E-state index in [-0.39, 0.29) is 17.6 Å². The van der Waals surface area contributed by atoms with E-state index in [0.717, 1.165) is 5.56 Å². The van der Waals surface area contributed by atoms with Gasteiger partial charge in [0, 0.05) is 17.9 Å². The van der Waals surface area contributed by atoms with Crippen molar-refractivity contribution in [2.75, 3.05) is 0 Å². The third kappa shape index (κ3) is 4.29. The summed E-state index contributed by atoms with van der Waals surface area (Å²) in [5, 5.41) is 5.73. The fourth-order valence-electron chi connectivity index (χ4n) is 1.31. The Hall–Kier alpha value is -1.58. The molecular weight excluding hydrogens is 202 g/mol. The highest BCUT2D eigenvalue weighted by Gasteiger charge is 2.15. The lowest BCUT2D eigenvalue weighted by Gasteiger charge is -2.23. The number of nitrogens with zero attached hydrogens (tertiary/aromatic N) is 1. The van der Waals surface area contributed by atoms with Gasteiger partial charge in [-0.25, -0.2) is 4.79 Å². The van der Waals surface area contributed by atoms with Crippen molar-refractivity contribution in [3.05, 3.63) is 30.1 Å². The van der Waals surface area contributed by atoms with E-state index >= 15 is 0 Å². The van der Waals surface area contributed by atoms with E-state index < -0.39 is 0 Å². The molecule has 1 unspecified atom stereocenters. The van der Waals surface area contributed by atoms with Gasteiger partial charge in [-0.3, -0.25) is 4.98 Å². The van der Waals surface area contributed by atoms with Gasteiger partial charge in [-0.15, -0.1) is 0 Å². The van der Waals surface area contributed by atoms with E-state index in [1.54, 1.807) is 12.4 Å². The number of rotatable bonds is 2. The third-order valence-electron chi connectivity index (χ3n) is 2.04. The number of hydrogen-bond acceptors (Lipinski definition) is 2. The second-order valence-corrected chi connectivity index (χ2v) is 4.85. The molecule has 0 spiro atoms. The SMILES string of the molecule is CC(NC(=O)NC(C)(C)C)c1ccncc1. The zero-order valence-corrected chi connectivity index (χ0v) is 10.2. The van der Waals surface area contributed by atoms with Gasteiger partial charge in [0.05, 0.1) is 6.04 Å². The molecule has 16 heavy (non-hydrogen) atoms. The molecule has 1 heterocycles. The summed E-state index contributed by atoms with van der Waals surface area (Å²) >= 11 is 0. The lowest BCUT2D eigenvalue weighted by Crippen LogP contribution is -2.47. The molecule has 4 heteroatoms. The minimum absolute atomic E-state index is 0.0228. The van der Waals surface area contributed by atoms with E-state index in [9.17, 15) is 4.79 Å². The number of carbonyl (C=O) groups excluding carboxylic acids is 1. The molecule has 0 bridgehead atoms. The van der Waals surface area contributed by atoms with E-state index in [1.807, 2.05) is 39.8 Å². The van der Waals surface area contributed by atoms with E-state index in [4.69, 9.17) is 0 Å². The van der Waals surface area contributed by atoms with Gasteiger partial charge in [-0.2, -0.15) is 0 Å². The molecule has 2 amide bonds. The Morgan fingerprint density at radius 2 is 1.88 bits per heavy atom. The normalized spacial score (nSPS) is 13.0. The average molecular weight is 221 g/mol. The van der Waals surface area contributed by atoms with Crippen molar-refractivity contribution < 1.29 is 4.79 Å². The summed E-state index contributed by atoms with van der Waals surface area (Å²) in [5.74, 6) is 0. The highest BCUT2D eigenvalue weighted by Crippen LogP contribution is 2.10. The molecule has 1 atom stereocenters. The molecule has 0 aliphatic carbocycles. The lowest BCUT2D eigenvalue weighted by atomic mass is 10.1. The van der Waals surface area contributed by atoms with Gasteiger partial charge in [-0.1, -0.05) is 0 Å².